The molecule has 2 heterocycles. The molecule has 2 amide bonds. The summed E-state index contributed by atoms with van der Waals surface area (Å²) in [7, 11) is -1.31. The first kappa shape index (κ1) is 21.2. The molecule has 3 rings (SSSR count). The number of benzene rings is 1. The molecule has 10 nitrogen and oxygen atoms in total. The van der Waals surface area contributed by atoms with Crippen molar-refractivity contribution in [2.45, 2.75) is 31.3 Å². The molecule has 2 aliphatic heterocycles. The molecule has 1 fully saturated rings. The van der Waals surface area contributed by atoms with Crippen LogP contribution >= 0.6 is 12.4 Å². The van der Waals surface area contributed by atoms with Gasteiger partial charge in [0.05, 0.1) is 25.6 Å². The number of halogens is 1. The number of carboxylic acid groups (broad SMARTS) is 1. The summed E-state index contributed by atoms with van der Waals surface area (Å²) in [5.41, 5.74) is 5.66. The number of aromatic carboxylic acids is 1. The van der Waals surface area contributed by atoms with Crippen LogP contribution in [0.2, 0.25) is 6.32 Å². The minimum Gasteiger partial charge on any atom is -0.535 e. The maximum atomic E-state index is 12.4. The molecule has 12 heteroatoms. The molecular formula is C17H23BClN3O7. The van der Waals surface area contributed by atoms with Gasteiger partial charge in [0.2, 0.25) is 11.8 Å². The highest BCUT2D eigenvalue weighted by atomic mass is 35.5. The molecular weight excluding hydrogens is 404 g/mol. The zero-order valence-corrected chi connectivity index (χ0v) is 16.3. The number of hydrogen-bond donors (Lipinski definition) is 4. The fraction of sp³-hybridized carbons (Fsp3) is 0.471. The Morgan fingerprint density at radius 1 is 1.48 bits per heavy atom. The van der Waals surface area contributed by atoms with Gasteiger partial charge in [0.15, 0.2) is 0 Å². The van der Waals surface area contributed by atoms with Gasteiger partial charge in [-0.25, -0.2) is 4.79 Å². The number of hydrogen-bond acceptors (Lipinski definition) is 7. The van der Waals surface area contributed by atoms with Crippen molar-refractivity contribution >= 4 is 37.3 Å². The number of likely N-dealkylation sites (N-methyl/N-ethyl adjacent to an activating group) is 1. The minimum absolute atomic E-state index is 0. The number of nitrogens with zero attached hydrogens (tertiary/aromatic N) is 1. The number of ether oxygens (including phenoxy) is 1. The highest BCUT2D eigenvalue weighted by molar-refractivity contribution is 6.44. The minimum atomic E-state index is -1.24. The number of carbonyl (C=O) groups is 3. The lowest BCUT2D eigenvalue weighted by Gasteiger charge is -2.40. The molecule has 1 atom stereocenters. The molecule has 1 aromatic rings. The average Bonchev–Trinajstić information content (AvgIpc) is 2.62. The van der Waals surface area contributed by atoms with Crippen LogP contribution in [0.15, 0.2) is 12.1 Å². The fourth-order valence-electron chi connectivity index (χ4n) is 3.25. The number of likely N-dealkylation sites (tertiary alicyclic amines) is 1. The first-order valence-electron chi connectivity index (χ1n) is 9.51. The molecule has 0 unspecified atom stereocenters. The maximum Gasteiger partial charge on any atom is 0.522 e. The van der Waals surface area contributed by atoms with Crippen LogP contribution in [0.5, 0.6) is 11.5 Å². The van der Waals surface area contributed by atoms with E-state index < -0.39 is 31.1 Å². The second-order valence-corrected chi connectivity index (χ2v) is 6.75. The average molecular weight is 429 g/mol. The number of carbonyl (C=O) groups excluding carboxylic acids is 2. The Bertz CT molecular complexity index is 825. The number of amides is 2. The van der Waals surface area contributed by atoms with Crippen molar-refractivity contribution in [3.63, 3.8) is 0 Å². The van der Waals surface area contributed by atoms with E-state index in [1.165, 1.54) is 4.90 Å². The third kappa shape index (κ3) is 4.92. The normalized spacial score (nSPS) is 17.1. The highest BCUT2D eigenvalue weighted by Crippen LogP contribution is 2.37. The Balaban J connectivity index is 0.00000320. The van der Waals surface area contributed by atoms with Gasteiger partial charge in [-0.1, -0.05) is 6.07 Å². The van der Waals surface area contributed by atoms with Crippen molar-refractivity contribution in [1.29, 1.82) is 0 Å². The molecule has 1 aromatic carbocycles. The van der Waals surface area contributed by atoms with Gasteiger partial charge in [0, 0.05) is 1.37 Å². The van der Waals surface area contributed by atoms with Gasteiger partial charge in [0.25, 0.3) is 0 Å². The first-order valence-corrected chi connectivity index (χ1v) is 8.80. The molecule has 0 bridgehead atoms. The van der Waals surface area contributed by atoms with Crippen LogP contribution < -0.4 is 20.4 Å². The summed E-state index contributed by atoms with van der Waals surface area (Å²) >= 11 is 0. The molecule has 29 heavy (non-hydrogen) atoms. The van der Waals surface area contributed by atoms with Gasteiger partial charge in [-0.15, -0.1) is 12.4 Å². The number of nitrogens with one attached hydrogen (secondary N) is 1. The van der Waals surface area contributed by atoms with Gasteiger partial charge in [0.1, 0.15) is 23.2 Å². The van der Waals surface area contributed by atoms with Crippen LogP contribution in [0.1, 0.15) is 23.7 Å². The predicted molar refractivity (Wildman–Crippen MR) is 105 cm³/mol. The molecule has 2 aliphatic rings. The van der Waals surface area contributed by atoms with Crippen molar-refractivity contribution in [2.75, 3.05) is 20.1 Å². The van der Waals surface area contributed by atoms with Gasteiger partial charge in [-0.2, -0.15) is 0 Å². The smallest absolute Gasteiger partial charge is 0.522 e. The van der Waals surface area contributed by atoms with Crippen LogP contribution in [0.25, 0.3) is 0 Å². The van der Waals surface area contributed by atoms with Crippen LogP contribution in [0.3, 0.4) is 0 Å². The molecule has 0 aliphatic carbocycles. The summed E-state index contributed by atoms with van der Waals surface area (Å²) in [5.74, 6) is -2.06. The topological polar surface area (TPSA) is 151 Å². The summed E-state index contributed by atoms with van der Waals surface area (Å²) in [4.78, 5) is 36.7. The molecule has 0 aromatic heterocycles. The van der Waals surface area contributed by atoms with Gasteiger partial charge < -0.3 is 35.5 Å². The van der Waals surface area contributed by atoms with Gasteiger partial charge >= 0.3 is 13.1 Å². The monoisotopic (exact) mass is 428 g/mol. The Hall–Kier alpha value is -2.50. The number of aryl methyl sites for hydroxylation is 1. The first-order chi connectivity index (χ1) is 13.8. The third-order valence-electron chi connectivity index (χ3n) is 4.73. The second-order valence-electron chi connectivity index (χ2n) is 6.75. The molecule has 5 N–H and O–H groups in total. The lowest BCUT2D eigenvalue weighted by atomic mass is 9.78. The molecule has 0 radical (unpaired) electrons. The van der Waals surface area contributed by atoms with E-state index in [1.54, 1.807) is 12.1 Å². The van der Waals surface area contributed by atoms with Crippen LogP contribution in [-0.4, -0.2) is 72.2 Å². The van der Waals surface area contributed by atoms with Crippen molar-refractivity contribution in [2.24, 2.45) is 5.73 Å². The van der Waals surface area contributed by atoms with E-state index in [4.69, 9.17) is 16.5 Å². The van der Waals surface area contributed by atoms with Crippen LogP contribution in [-0.2, 0) is 16.0 Å². The predicted octanol–water partition coefficient (Wildman–Crippen LogP) is -0.725. The fourth-order valence-corrected chi connectivity index (χ4v) is 3.25. The maximum absolute atomic E-state index is 12.4. The van der Waals surface area contributed by atoms with E-state index in [0.29, 0.717) is 18.3 Å². The van der Waals surface area contributed by atoms with E-state index in [2.05, 4.69) is 5.32 Å². The zero-order valence-electron chi connectivity index (χ0n) is 16.5. The molecule has 1 saturated heterocycles. The second kappa shape index (κ2) is 9.34. The number of rotatable bonds is 7. The zero-order chi connectivity index (χ0) is 21.1. The van der Waals surface area contributed by atoms with Crippen molar-refractivity contribution in [3.8, 4) is 11.5 Å². The highest BCUT2D eigenvalue weighted by Gasteiger charge is 2.37. The van der Waals surface area contributed by atoms with Crippen molar-refractivity contribution in [1.82, 2.24) is 10.2 Å². The molecule has 158 valence electrons. The van der Waals surface area contributed by atoms with E-state index >= 15 is 0 Å². The van der Waals surface area contributed by atoms with E-state index in [-0.39, 0.29) is 61.9 Å². The number of carboxylic acids is 1. The van der Waals surface area contributed by atoms with Crippen molar-refractivity contribution in [3.05, 3.63) is 23.3 Å². The molecule has 0 saturated carbocycles. The molecule has 0 spiro atoms. The Kier molecular flexibility index (Phi) is 6.83. The quantitative estimate of drug-likeness (QED) is 0.415. The summed E-state index contributed by atoms with van der Waals surface area (Å²) < 4.78 is 18.3. The summed E-state index contributed by atoms with van der Waals surface area (Å²) in [6.45, 7) is 0.404. The Morgan fingerprint density at radius 2 is 2.21 bits per heavy atom. The Morgan fingerprint density at radius 3 is 2.83 bits per heavy atom. The van der Waals surface area contributed by atoms with Crippen LogP contribution in [0, 0.1) is 0 Å². The van der Waals surface area contributed by atoms with E-state index in [1.807, 2.05) is 0 Å². The van der Waals surface area contributed by atoms with Gasteiger partial charge in [-0.3, -0.25) is 9.59 Å². The summed E-state index contributed by atoms with van der Waals surface area (Å²) in [5, 5.41) is 21.9. The third-order valence-corrected chi connectivity index (χ3v) is 4.73. The van der Waals surface area contributed by atoms with E-state index in [0.717, 1.165) is 0 Å². The van der Waals surface area contributed by atoms with Gasteiger partial charge in [-0.05, 0) is 31.4 Å². The lowest BCUT2D eigenvalue weighted by Crippen LogP contribution is -2.60. The number of primary amides is 1. The lowest BCUT2D eigenvalue weighted by molar-refractivity contribution is -0.143. The number of nitrogens with two attached hydrogens (primary N) is 1. The van der Waals surface area contributed by atoms with Crippen molar-refractivity contribution < 1.29 is 35.3 Å². The van der Waals surface area contributed by atoms with Crippen LogP contribution in [0.4, 0.5) is 0 Å². The van der Waals surface area contributed by atoms with E-state index in [9.17, 15) is 24.5 Å². The standard InChI is InChI=1S/C17H22BN3O7.ClH/c1-20-11(6-13(19)22)16(23)21-7-10(8-21)27-12-3-2-9-4-5-18(26)28-15(9)14(12)17(24)25;/h2-3,10-11,20,26H,4-8H2,1H3,(H2,19,22)(H,24,25);1H/t11-;/m0./s1/i1D;. The Labute approximate surface area is 175 Å². The number of fused-ring (bicyclic) bond motifs is 1. The summed E-state index contributed by atoms with van der Waals surface area (Å²) in [6.07, 6.45) is 0.222. The summed E-state index contributed by atoms with van der Waals surface area (Å²) in [6, 6.07) is 2.37. The largest absolute Gasteiger partial charge is 0.535 e. The SMILES string of the molecule is Cl.[2H]CN[C@@H](CC(N)=O)C(=O)N1CC(Oc2ccc3c(c2C(=O)O)OB(O)CC3)C1.